The molecule has 3 rings (SSSR count). The molecule has 1 aliphatic heterocycles. The van der Waals surface area contributed by atoms with Crippen molar-refractivity contribution in [3.63, 3.8) is 0 Å². The van der Waals surface area contributed by atoms with Gasteiger partial charge in [0.1, 0.15) is 6.04 Å². The van der Waals surface area contributed by atoms with Gasteiger partial charge in [0, 0.05) is 12.2 Å². The highest BCUT2D eigenvalue weighted by Gasteiger charge is 2.34. The summed E-state index contributed by atoms with van der Waals surface area (Å²) in [5.41, 5.74) is 4.22. The Hall–Kier alpha value is -2.14. The minimum absolute atomic E-state index is 0.0317. The highest BCUT2D eigenvalue weighted by atomic mass is 32.1. The van der Waals surface area contributed by atoms with E-state index in [0.29, 0.717) is 17.8 Å². The molecule has 120 valence electrons. The van der Waals surface area contributed by atoms with E-state index in [1.165, 1.54) is 16.9 Å². The maximum Gasteiger partial charge on any atom is 0.262 e. The lowest BCUT2D eigenvalue weighted by atomic mass is 10.1. The summed E-state index contributed by atoms with van der Waals surface area (Å²) in [5, 5.41) is 4.77. The van der Waals surface area contributed by atoms with Gasteiger partial charge in [-0.25, -0.2) is 0 Å². The van der Waals surface area contributed by atoms with Crippen molar-refractivity contribution in [3.05, 3.63) is 51.2 Å². The van der Waals surface area contributed by atoms with Crippen LogP contribution in [0.2, 0.25) is 0 Å². The molecule has 0 saturated carbocycles. The summed E-state index contributed by atoms with van der Waals surface area (Å²) in [6, 6.07) is 7.50. The molecule has 5 heteroatoms. The van der Waals surface area contributed by atoms with Crippen LogP contribution in [0.25, 0.3) is 0 Å². The van der Waals surface area contributed by atoms with Crippen LogP contribution in [0, 0.1) is 20.8 Å². The van der Waals surface area contributed by atoms with Crippen molar-refractivity contribution in [3.8, 4) is 0 Å². The number of rotatable bonds is 3. The van der Waals surface area contributed by atoms with Gasteiger partial charge in [-0.1, -0.05) is 6.07 Å². The van der Waals surface area contributed by atoms with Crippen molar-refractivity contribution >= 4 is 28.8 Å². The number of amides is 2. The largest absolute Gasteiger partial charge is 0.339 e. The third kappa shape index (κ3) is 3.01. The fraction of sp³-hybridized carbons (Fsp3) is 0.333. The second kappa shape index (κ2) is 6.16. The molecule has 1 aliphatic rings. The van der Waals surface area contributed by atoms with E-state index >= 15 is 0 Å². The summed E-state index contributed by atoms with van der Waals surface area (Å²) in [5.74, 6) is -0.186. The zero-order chi connectivity index (χ0) is 16.6. The highest BCUT2D eigenvalue weighted by molar-refractivity contribution is 7.12. The molecule has 0 radical (unpaired) electrons. The molecule has 23 heavy (non-hydrogen) atoms. The second-order valence-electron chi connectivity index (χ2n) is 6.01. The molecule has 1 aromatic heterocycles. The Morgan fingerprint density at radius 2 is 1.96 bits per heavy atom. The van der Waals surface area contributed by atoms with Crippen LogP contribution < -0.4 is 10.2 Å². The molecule has 0 aliphatic carbocycles. The average molecular weight is 328 g/mol. The van der Waals surface area contributed by atoms with Gasteiger partial charge >= 0.3 is 0 Å². The number of hydrogen-bond donors (Lipinski definition) is 1. The van der Waals surface area contributed by atoms with Crippen LogP contribution in [0.4, 0.5) is 5.69 Å². The Balaban J connectivity index is 1.73. The van der Waals surface area contributed by atoms with E-state index in [1.807, 2.05) is 43.5 Å². The molecule has 0 unspecified atom stereocenters. The van der Waals surface area contributed by atoms with Crippen LogP contribution in [-0.2, 0) is 4.79 Å². The Morgan fingerprint density at radius 3 is 2.61 bits per heavy atom. The lowest BCUT2D eigenvalue weighted by Gasteiger charge is -2.18. The van der Waals surface area contributed by atoms with E-state index in [2.05, 4.69) is 12.2 Å². The number of carbonyl (C=O) groups is 2. The van der Waals surface area contributed by atoms with Crippen LogP contribution in [0.15, 0.2) is 29.6 Å². The first-order valence-corrected chi connectivity index (χ1v) is 8.59. The maximum atomic E-state index is 12.6. The number of anilines is 1. The van der Waals surface area contributed by atoms with Crippen molar-refractivity contribution in [2.45, 2.75) is 33.2 Å². The van der Waals surface area contributed by atoms with E-state index < -0.39 is 6.04 Å². The number of thiophene rings is 1. The Morgan fingerprint density at radius 1 is 1.17 bits per heavy atom. The monoisotopic (exact) mass is 328 g/mol. The van der Waals surface area contributed by atoms with Gasteiger partial charge in [-0.2, -0.15) is 0 Å². The quantitative estimate of drug-likeness (QED) is 0.940. The van der Waals surface area contributed by atoms with Crippen LogP contribution in [0.5, 0.6) is 0 Å². The predicted octanol–water partition coefficient (Wildman–Crippen LogP) is 3.21. The Labute approximate surface area is 140 Å². The van der Waals surface area contributed by atoms with Gasteiger partial charge in [-0.05, 0) is 67.5 Å². The smallest absolute Gasteiger partial charge is 0.262 e. The molecule has 0 bridgehead atoms. The van der Waals surface area contributed by atoms with Crippen molar-refractivity contribution in [1.82, 2.24) is 5.32 Å². The Bertz CT molecular complexity index is 766. The molecule has 1 aromatic carbocycles. The zero-order valence-electron chi connectivity index (χ0n) is 13.6. The van der Waals surface area contributed by atoms with Gasteiger partial charge in [-0.3, -0.25) is 9.59 Å². The SMILES string of the molecule is Cc1ccc(N2CC[C@@H](NC(=O)c3sccc3C)C2=O)cc1C. The fourth-order valence-corrected chi connectivity index (χ4v) is 3.62. The summed E-state index contributed by atoms with van der Waals surface area (Å²) in [6.07, 6.45) is 0.641. The summed E-state index contributed by atoms with van der Waals surface area (Å²) in [4.78, 5) is 27.4. The van der Waals surface area contributed by atoms with Crippen LogP contribution >= 0.6 is 11.3 Å². The van der Waals surface area contributed by atoms with E-state index in [0.717, 1.165) is 16.8 Å². The number of benzene rings is 1. The third-order valence-electron chi connectivity index (χ3n) is 4.38. The molecule has 1 N–H and O–H groups in total. The van der Waals surface area contributed by atoms with Crippen molar-refractivity contribution < 1.29 is 9.59 Å². The van der Waals surface area contributed by atoms with Crippen molar-refractivity contribution in [2.75, 3.05) is 11.4 Å². The van der Waals surface area contributed by atoms with Gasteiger partial charge in [0.15, 0.2) is 0 Å². The number of nitrogens with one attached hydrogen (secondary N) is 1. The minimum Gasteiger partial charge on any atom is -0.339 e. The first-order valence-electron chi connectivity index (χ1n) is 7.71. The first kappa shape index (κ1) is 15.7. The van der Waals surface area contributed by atoms with E-state index in [-0.39, 0.29) is 11.8 Å². The summed E-state index contributed by atoms with van der Waals surface area (Å²) < 4.78 is 0. The van der Waals surface area contributed by atoms with Gasteiger partial charge in [0.25, 0.3) is 5.91 Å². The van der Waals surface area contributed by atoms with Crippen molar-refractivity contribution in [1.29, 1.82) is 0 Å². The molecule has 2 aromatic rings. The molecule has 4 nitrogen and oxygen atoms in total. The molecule has 2 heterocycles. The summed E-state index contributed by atoms with van der Waals surface area (Å²) in [7, 11) is 0. The summed E-state index contributed by atoms with van der Waals surface area (Å²) in [6.45, 7) is 6.63. The summed E-state index contributed by atoms with van der Waals surface area (Å²) >= 11 is 1.41. The normalized spacial score (nSPS) is 17.6. The van der Waals surface area contributed by atoms with Gasteiger partial charge in [0.2, 0.25) is 5.91 Å². The lowest BCUT2D eigenvalue weighted by Crippen LogP contribution is -2.41. The molecule has 1 atom stereocenters. The molecule has 1 fully saturated rings. The Kier molecular flexibility index (Phi) is 4.22. The first-order chi connectivity index (χ1) is 11.0. The molecule has 0 spiro atoms. The van der Waals surface area contributed by atoms with E-state index in [9.17, 15) is 9.59 Å². The molecule has 2 amide bonds. The minimum atomic E-state index is -0.439. The molecular weight excluding hydrogens is 308 g/mol. The predicted molar refractivity (Wildman–Crippen MR) is 93.2 cm³/mol. The van der Waals surface area contributed by atoms with E-state index in [4.69, 9.17) is 0 Å². The number of hydrogen-bond acceptors (Lipinski definition) is 3. The number of carbonyl (C=O) groups excluding carboxylic acids is 2. The lowest BCUT2D eigenvalue weighted by molar-refractivity contribution is -0.118. The maximum absolute atomic E-state index is 12.6. The van der Waals surface area contributed by atoms with Gasteiger partial charge in [0.05, 0.1) is 4.88 Å². The van der Waals surface area contributed by atoms with Gasteiger partial charge < -0.3 is 10.2 Å². The third-order valence-corrected chi connectivity index (χ3v) is 5.40. The molecule has 1 saturated heterocycles. The van der Waals surface area contributed by atoms with Crippen LogP contribution in [0.1, 0.15) is 32.8 Å². The van der Waals surface area contributed by atoms with Crippen molar-refractivity contribution in [2.24, 2.45) is 0 Å². The van der Waals surface area contributed by atoms with E-state index in [1.54, 1.807) is 4.90 Å². The zero-order valence-corrected chi connectivity index (χ0v) is 14.4. The number of aryl methyl sites for hydroxylation is 3. The molecular formula is C18H20N2O2S. The highest BCUT2D eigenvalue weighted by Crippen LogP contribution is 2.24. The number of nitrogens with zero attached hydrogens (tertiary/aromatic N) is 1. The standard InChI is InChI=1S/C18H20N2O2S/c1-11-4-5-14(10-13(11)3)20-8-6-15(18(20)22)19-17(21)16-12(2)7-9-23-16/h4-5,7,9-10,15H,6,8H2,1-3H3,(H,19,21)/t15-/m1/s1. The topological polar surface area (TPSA) is 49.4 Å². The van der Waals surface area contributed by atoms with Crippen LogP contribution in [0.3, 0.4) is 0 Å². The second-order valence-corrected chi connectivity index (χ2v) is 6.92. The average Bonchev–Trinajstić information content (AvgIpc) is 3.09. The van der Waals surface area contributed by atoms with Gasteiger partial charge in [-0.15, -0.1) is 11.3 Å². The fourth-order valence-electron chi connectivity index (χ4n) is 2.79. The van der Waals surface area contributed by atoms with Crippen LogP contribution in [-0.4, -0.2) is 24.4 Å².